The number of oxime groups is 1. The van der Waals surface area contributed by atoms with Crippen LogP contribution in [0.5, 0.6) is 0 Å². The van der Waals surface area contributed by atoms with Gasteiger partial charge in [0.1, 0.15) is 5.82 Å². The van der Waals surface area contributed by atoms with Gasteiger partial charge in [-0.3, -0.25) is 0 Å². The summed E-state index contributed by atoms with van der Waals surface area (Å²) in [6.07, 6.45) is 0.360. The van der Waals surface area contributed by atoms with Gasteiger partial charge in [0.15, 0.2) is 12.6 Å². The van der Waals surface area contributed by atoms with Crippen molar-refractivity contribution in [3.63, 3.8) is 0 Å². The highest BCUT2D eigenvalue weighted by molar-refractivity contribution is 6.31. The Labute approximate surface area is 98.4 Å². The van der Waals surface area contributed by atoms with Crippen molar-refractivity contribution in [1.29, 1.82) is 0 Å². The predicted octanol–water partition coefficient (Wildman–Crippen LogP) is 2.64. The lowest BCUT2D eigenvalue weighted by atomic mass is 10.1. The Morgan fingerprint density at radius 3 is 3.06 bits per heavy atom. The van der Waals surface area contributed by atoms with E-state index >= 15 is 0 Å². The average Bonchev–Trinajstić information content (AvgIpc) is 2.71. The van der Waals surface area contributed by atoms with Gasteiger partial charge < -0.3 is 9.74 Å². The molecule has 0 amide bonds. The molecule has 0 N–H and O–H groups in total. The molecule has 0 saturated heterocycles. The lowest BCUT2D eigenvalue weighted by Crippen LogP contribution is -2.28. The normalized spacial score (nSPS) is 14.9. The molecule has 1 aliphatic heterocycles. The van der Waals surface area contributed by atoms with Crippen molar-refractivity contribution >= 4 is 17.4 Å². The van der Waals surface area contributed by atoms with E-state index in [2.05, 4.69) is 5.16 Å². The molecule has 1 aromatic carbocycles. The van der Waals surface area contributed by atoms with E-state index in [1.807, 2.05) is 11.8 Å². The van der Waals surface area contributed by atoms with Crippen molar-refractivity contribution in [2.75, 3.05) is 13.3 Å². The number of hydrogen-bond acceptors (Lipinski definition) is 3. The van der Waals surface area contributed by atoms with Crippen molar-refractivity contribution in [3.05, 3.63) is 34.6 Å². The number of nitrogens with zero attached hydrogens (tertiary/aromatic N) is 2. The summed E-state index contributed by atoms with van der Waals surface area (Å²) >= 11 is 5.94. The highest BCUT2D eigenvalue weighted by atomic mass is 35.5. The minimum atomic E-state index is -0.307. The molecule has 0 atom stereocenters. The van der Waals surface area contributed by atoms with Crippen LogP contribution in [0.15, 0.2) is 23.4 Å². The molecule has 16 heavy (non-hydrogen) atoms. The second-order valence-electron chi connectivity index (χ2n) is 3.50. The average molecular weight is 243 g/mol. The first-order chi connectivity index (χ1) is 7.72. The van der Waals surface area contributed by atoms with Gasteiger partial charge in [-0.1, -0.05) is 22.8 Å². The predicted molar refractivity (Wildman–Crippen MR) is 60.9 cm³/mol. The Morgan fingerprint density at radius 1 is 1.56 bits per heavy atom. The monoisotopic (exact) mass is 242 g/mol. The first-order valence-electron chi connectivity index (χ1n) is 5.09. The summed E-state index contributed by atoms with van der Waals surface area (Å²) in [6.45, 7) is 3.20. The van der Waals surface area contributed by atoms with Crippen LogP contribution in [0.1, 0.15) is 12.5 Å². The van der Waals surface area contributed by atoms with Crippen molar-refractivity contribution in [1.82, 2.24) is 4.90 Å². The summed E-state index contributed by atoms with van der Waals surface area (Å²) in [4.78, 5) is 6.89. The van der Waals surface area contributed by atoms with Crippen LogP contribution in [0.2, 0.25) is 5.02 Å². The maximum atomic E-state index is 13.5. The van der Waals surface area contributed by atoms with Crippen LogP contribution in [0.25, 0.3) is 0 Å². The van der Waals surface area contributed by atoms with Crippen LogP contribution in [-0.2, 0) is 11.3 Å². The van der Waals surface area contributed by atoms with E-state index in [1.54, 1.807) is 12.1 Å². The fraction of sp³-hybridized carbons (Fsp3) is 0.364. The first-order valence-corrected chi connectivity index (χ1v) is 5.47. The Hall–Kier alpha value is -1.29. The molecule has 0 aliphatic carbocycles. The molecule has 0 radical (unpaired) electrons. The fourth-order valence-corrected chi connectivity index (χ4v) is 1.81. The van der Waals surface area contributed by atoms with Gasteiger partial charge in [-0.25, -0.2) is 4.39 Å². The third-order valence-corrected chi connectivity index (χ3v) is 2.88. The first kappa shape index (κ1) is 11.2. The molecule has 1 aliphatic rings. The molecule has 86 valence electrons. The molecule has 2 rings (SSSR count). The van der Waals surface area contributed by atoms with Gasteiger partial charge in [-0.15, -0.1) is 0 Å². The Balaban J connectivity index is 2.21. The summed E-state index contributed by atoms with van der Waals surface area (Å²) in [7, 11) is 0. The summed E-state index contributed by atoms with van der Waals surface area (Å²) in [6, 6.07) is 4.66. The summed E-state index contributed by atoms with van der Waals surface area (Å²) < 4.78 is 13.5. The Bertz CT molecular complexity index is 402. The van der Waals surface area contributed by atoms with Crippen LogP contribution < -0.4 is 0 Å². The zero-order valence-electron chi connectivity index (χ0n) is 8.91. The molecule has 1 aromatic rings. The van der Waals surface area contributed by atoms with Gasteiger partial charge >= 0.3 is 0 Å². The highest BCUT2D eigenvalue weighted by Crippen LogP contribution is 2.21. The number of likely N-dealkylation sites (N-methyl/N-ethyl adjacent to an activating group) is 1. The van der Waals surface area contributed by atoms with Crippen LogP contribution in [0.4, 0.5) is 4.39 Å². The van der Waals surface area contributed by atoms with Gasteiger partial charge in [0.2, 0.25) is 0 Å². The fourth-order valence-electron chi connectivity index (χ4n) is 1.58. The number of halogens is 2. The number of amidine groups is 1. The molecular formula is C11H12ClFN2O. The van der Waals surface area contributed by atoms with E-state index < -0.39 is 0 Å². The summed E-state index contributed by atoms with van der Waals surface area (Å²) in [5.41, 5.74) is 0.465. The second-order valence-corrected chi connectivity index (χ2v) is 3.91. The molecular weight excluding hydrogens is 231 g/mol. The van der Waals surface area contributed by atoms with Crippen LogP contribution in [0.3, 0.4) is 0 Å². The maximum absolute atomic E-state index is 13.5. The molecule has 1 heterocycles. The molecule has 5 heteroatoms. The van der Waals surface area contributed by atoms with Gasteiger partial charge in [0.05, 0.1) is 0 Å². The highest BCUT2D eigenvalue weighted by Gasteiger charge is 2.19. The summed E-state index contributed by atoms with van der Waals surface area (Å²) in [5.74, 6) is 0.410. The molecule has 3 nitrogen and oxygen atoms in total. The quantitative estimate of drug-likeness (QED) is 0.814. The minimum Gasteiger partial charge on any atom is -0.372 e. The molecule has 0 bridgehead atoms. The lowest BCUT2D eigenvalue weighted by molar-refractivity contribution is 0.112. The van der Waals surface area contributed by atoms with Crippen LogP contribution in [0, 0.1) is 5.82 Å². The van der Waals surface area contributed by atoms with E-state index in [-0.39, 0.29) is 5.82 Å². The SMILES string of the molecule is CCN1CON=C1Cc1c(F)cccc1Cl. The van der Waals surface area contributed by atoms with E-state index in [1.165, 1.54) is 6.07 Å². The van der Waals surface area contributed by atoms with Crippen molar-refractivity contribution in [3.8, 4) is 0 Å². The second kappa shape index (κ2) is 4.70. The largest absolute Gasteiger partial charge is 0.372 e. The minimum absolute atomic E-state index is 0.307. The maximum Gasteiger partial charge on any atom is 0.190 e. The van der Waals surface area contributed by atoms with E-state index in [0.29, 0.717) is 23.7 Å². The van der Waals surface area contributed by atoms with Gasteiger partial charge in [0.25, 0.3) is 0 Å². The van der Waals surface area contributed by atoms with Crippen molar-refractivity contribution in [2.45, 2.75) is 13.3 Å². The van der Waals surface area contributed by atoms with Crippen molar-refractivity contribution < 1.29 is 9.23 Å². The zero-order valence-corrected chi connectivity index (χ0v) is 9.67. The van der Waals surface area contributed by atoms with Crippen molar-refractivity contribution in [2.24, 2.45) is 5.16 Å². The van der Waals surface area contributed by atoms with E-state index in [0.717, 1.165) is 12.4 Å². The third kappa shape index (κ3) is 2.11. The number of rotatable bonds is 3. The molecule has 0 fully saturated rings. The van der Waals surface area contributed by atoms with Crippen LogP contribution in [-0.4, -0.2) is 24.0 Å². The smallest absolute Gasteiger partial charge is 0.190 e. The van der Waals surface area contributed by atoms with E-state index in [9.17, 15) is 4.39 Å². The zero-order chi connectivity index (χ0) is 11.5. The number of hydrogen-bond donors (Lipinski definition) is 0. The van der Waals surface area contributed by atoms with Crippen LogP contribution >= 0.6 is 11.6 Å². The number of benzene rings is 1. The standard InChI is InChI=1S/C11H12ClFN2O/c1-2-15-7-16-14-11(15)6-8-9(12)4-3-5-10(8)13/h3-5H,2,6-7H2,1H3. The van der Waals surface area contributed by atoms with Gasteiger partial charge in [-0.05, 0) is 19.1 Å². The summed E-state index contributed by atoms with van der Waals surface area (Å²) in [5, 5.41) is 4.30. The molecule has 0 aromatic heterocycles. The van der Waals surface area contributed by atoms with Gasteiger partial charge in [-0.2, -0.15) is 0 Å². The molecule has 0 unspecified atom stereocenters. The third-order valence-electron chi connectivity index (χ3n) is 2.53. The molecule has 0 spiro atoms. The van der Waals surface area contributed by atoms with E-state index in [4.69, 9.17) is 16.4 Å². The lowest BCUT2D eigenvalue weighted by Gasteiger charge is -2.15. The Morgan fingerprint density at radius 2 is 2.38 bits per heavy atom. The Kier molecular flexibility index (Phi) is 3.29. The topological polar surface area (TPSA) is 24.8 Å². The van der Waals surface area contributed by atoms with Gasteiger partial charge in [0, 0.05) is 23.6 Å². The molecule has 0 saturated carbocycles.